The van der Waals surface area contributed by atoms with Crippen LogP contribution < -0.4 is 11.1 Å². The fourth-order valence-electron chi connectivity index (χ4n) is 2.23. The summed E-state index contributed by atoms with van der Waals surface area (Å²) in [6, 6.07) is 13.2. The van der Waals surface area contributed by atoms with Crippen LogP contribution in [0.4, 0.5) is 11.4 Å². The molecule has 0 amide bonds. The van der Waals surface area contributed by atoms with Crippen molar-refractivity contribution in [2.75, 3.05) is 11.1 Å². The molecule has 0 aromatic heterocycles. The van der Waals surface area contributed by atoms with Crippen LogP contribution in [0.5, 0.6) is 0 Å². The second-order valence-electron chi connectivity index (χ2n) is 4.64. The van der Waals surface area contributed by atoms with Gasteiger partial charge in [-0.2, -0.15) is 0 Å². The number of hydrogen-bond donors (Lipinski definition) is 3. The maximum Gasteiger partial charge on any atom is 0.253 e. The van der Waals surface area contributed by atoms with Gasteiger partial charge in [0.05, 0.1) is 11.4 Å². The molecule has 0 fully saturated rings. The average Bonchev–Trinajstić information content (AvgIpc) is 2.51. The number of Topliss-reactive ketones (excluding diaryl/α,β-unsaturated/α-hetero) is 2. The summed E-state index contributed by atoms with van der Waals surface area (Å²) in [5.74, 6) is -1.69. The molecule has 0 heterocycles. The molecule has 1 aliphatic carbocycles. The molecule has 0 bridgehead atoms. The van der Waals surface area contributed by atoms with E-state index in [2.05, 4.69) is 5.32 Å². The number of nitrogens with one attached hydrogen (secondary N) is 1. The third kappa shape index (κ3) is 2.04. The zero-order valence-corrected chi connectivity index (χ0v) is 11.0. The van der Waals surface area contributed by atoms with E-state index in [1.807, 2.05) is 0 Å². The molecular weight excluding hydrogens is 268 g/mol. The molecule has 2 aromatic rings. The van der Waals surface area contributed by atoms with E-state index in [0.717, 1.165) is 0 Å². The molecule has 4 N–H and O–H groups in total. The molecular formula is C16H12N2O3. The number of allylic oxidation sites excluding steroid dienone is 1. The van der Waals surface area contributed by atoms with Crippen molar-refractivity contribution < 1.29 is 14.7 Å². The van der Waals surface area contributed by atoms with Gasteiger partial charge in [0.15, 0.2) is 5.76 Å². The Balaban J connectivity index is 2.12. The Hall–Kier alpha value is -3.08. The van der Waals surface area contributed by atoms with Gasteiger partial charge in [-0.15, -0.1) is 0 Å². The topological polar surface area (TPSA) is 92.4 Å². The largest absolute Gasteiger partial charge is 0.505 e. The van der Waals surface area contributed by atoms with Crippen molar-refractivity contribution >= 4 is 28.7 Å². The molecule has 0 saturated heterocycles. The number of fused-ring (bicyclic) bond motifs is 1. The van der Waals surface area contributed by atoms with Crippen molar-refractivity contribution in [1.82, 2.24) is 0 Å². The summed E-state index contributed by atoms with van der Waals surface area (Å²) in [6.07, 6.45) is 0. The van der Waals surface area contributed by atoms with Gasteiger partial charge in [0.2, 0.25) is 5.78 Å². The molecule has 0 radical (unpaired) electrons. The van der Waals surface area contributed by atoms with Gasteiger partial charge in [0, 0.05) is 11.1 Å². The lowest BCUT2D eigenvalue weighted by atomic mass is 9.91. The molecule has 0 aliphatic heterocycles. The number of nitrogens with two attached hydrogens (primary N) is 1. The Morgan fingerprint density at radius 1 is 0.857 bits per heavy atom. The second-order valence-corrected chi connectivity index (χ2v) is 4.64. The smallest absolute Gasteiger partial charge is 0.253 e. The summed E-state index contributed by atoms with van der Waals surface area (Å²) in [5, 5.41) is 13.0. The highest BCUT2D eigenvalue weighted by Crippen LogP contribution is 2.29. The molecule has 5 heteroatoms. The van der Waals surface area contributed by atoms with E-state index in [1.54, 1.807) is 42.5 Å². The second kappa shape index (κ2) is 4.79. The van der Waals surface area contributed by atoms with Gasteiger partial charge in [0.1, 0.15) is 5.70 Å². The zero-order valence-electron chi connectivity index (χ0n) is 11.0. The molecule has 21 heavy (non-hydrogen) atoms. The average molecular weight is 280 g/mol. The molecule has 1 aliphatic rings. The van der Waals surface area contributed by atoms with Gasteiger partial charge in [-0.25, -0.2) is 0 Å². The number of ketones is 2. The van der Waals surface area contributed by atoms with Crippen LogP contribution >= 0.6 is 0 Å². The molecule has 2 aromatic carbocycles. The maximum absolute atomic E-state index is 12.1. The summed E-state index contributed by atoms with van der Waals surface area (Å²) in [5.41, 5.74) is 7.04. The minimum atomic E-state index is -0.783. The van der Waals surface area contributed by atoms with E-state index in [0.29, 0.717) is 16.9 Å². The number of carbonyl (C=O) groups is 2. The molecule has 0 saturated carbocycles. The normalized spacial score (nSPS) is 14.1. The Bertz CT molecular complexity index is 794. The van der Waals surface area contributed by atoms with Crippen LogP contribution in [-0.2, 0) is 4.79 Å². The zero-order chi connectivity index (χ0) is 15.0. The third-order valence-electron chi connectivity index (χ3n) is 3.32. The van der Waals surface area contributed by atoms with Crippen molar-refractivity contribution in [3.63, 3.8) is 0 Å². The lowest BCUT2D eigenvalue weighted by Gasteiger charge is -2.19. The number of anilines is 2. The van der Waals surface area contributed by atoms with Crippen molar-refractivity contribution in [3.05, 3.63) is 65.4 Å². The summed E-state index contributed by atoms with van der Waals surface area (Å²) in [6.45, 7) is 0. The number of aliphatic hydroxyl groups is 1. The van der Waals surface area contributed by atoms with Gasteiger partial charge in [-0.05, 0) is 12.1 Å². The van der Waals surface area contributed by atoms with Gasteiger partial charge >= 0.3 is 0 Å². The standard InChI is InChI=1S/C16H12N2O3/c17-11-7-3-4-8-12(11)18-13-14(19)9-5-1-2-6-10(9)15(20)16(13)21/h1-8,18-19H,17H2. The first-order chi connectivity index (χ1) is 10.1. The van der Waals surface area contributed by atoms with Crippen LogP contribution in [0.3, 0.4) is 0 Å². The molecule has 0 atom stereocenters. The van der Waals surface area contributed by atoms with Crippen LogP contribution in [0.1, 0.15) is 15.9 Å². The Kier molecular flexibility index (Phi) is 2.95. The number of rotatable bonds is 2. The lowest BCUT2D eigenvalue weighted by Crippen LogP contribution is -2.28. The predicted octanol–water partition coefficient (Wildman–Crippen LogP) is 2.37. The van der Waals surface area contributed by atoms with Crippen LogP contribution in [0.15, 0.2) is 54.2 Å². The summed E-state index contributed by atoms with van der Waals surface area (Å²) in [7, 11) is 0. The first-order valence-corrected chi connectivity index (χ1v) is 6.33. The van der Waals surface area contributed by atoms with Crippen molar-refractivity contribution in [3.8, 4) is 0 Å². The van der Waals surface area contributed by atoms with Crippen LogP contribution in [0.2, 0.25) is 0 Å². The van der Waals surface area contributed by atoms with E-state index in [-0.39, 0.29) is 17.0 Å². The fourth-order valence-corrected chi connectivity index (χ4v) is 2.23. The Morgan fingerprint density at radius 2 is 1.48 bits per heavy atom. The number of benzene rings is 2. The van der Waals surface area contributed by atoms with Crippen molar-refractivity contribution in [1.29, 1.82) is 0 Å². The Labute approximate surface area is 120 Å². The van der Waals surface area contributed by atoms with E-state index >= 15 is 0 Å². The van der Waals surface area contributed by atoms with E-state index < -0.39 is 11.6 Å². The summed E-state index contributed by atoms with van der Waals surface area (Å²) >= 11 is 0. The van der Waals surface area contributed by atoms with E-state index in [1.165, 1.54) is 6.07 Å². The molecule has 5 nitrogen and oxygen atoms in total. The number of para-hydroxylation sites is 2. The maximum atomic E-state index is 12.1. The minimum Gasteiger partial charge on any atom is -0.505 e. The predicted molar refractivity (Wildman–Crippen MR) is 79.8 cm³/mol. The molecule has 0 spiro atoms. The highest BCUT2D eigenvalue weighted by Gasteiger charge is 2.32. The third-order valence-corrected chi connectivity index (χ3v) is 3.32. The number of carbonyl (C=O) groups excluding carboxylic acids is 2. The monoisotopic (exact) mass is 280 g/mol. The fraction of sp³-hybridized carbons (Fsp3) is 0. The van der Waals surface area contributed by atoms with Crippen molar-refractivity contribution in [2.24, 2.45) is 0 Å². The number of hydrogen-bond acceptors (Lipinski definition) is 5. The van der Waals surface area contributed by atoms with E-state index in [4.69, 9.17) is 5.73 Å². The molecule has 3 rings (SSSR count). The molecule has 104 valence electrons. The quantitative estimate of drug-likeness (QED) is 0.580. The lowest BCUT2D eigenvalue weighted by molar-refractivity contribution is -0.111. The van der Waals surface area contributed by atoms with E-state index in [9.17, 15) is 14.7 Å². The highest BCUT2D eigenvalue weighted by molar-refractivity contribution is 6.52. The Morgan fingerprint density at radius 3 is 2.19 bits per heavy atom. The minimum absolute atomic E-state index is 0.156. The molecule has 0 unspecified atom stereocenters. The van der Waals surface area contributed by atoms with Gasteiger partial charge in [-0.3, -0.25) is 9.59 Å². The SMILES string of the molecule is Nc1ccccc1NC1=C(O)c2ccccc2C(=O)C1=O. The first-order valence-electron chi connectivity index (χ1n) is 6.33. The van der Waals surface area contributed by atoms with Crippen LogP contribution in [0, 0.1) is 0 Å². The van der Waals surface area contributed by atoms with Crippen LogP contribution in [-0.4, -0.2) is 16.7 Å². The van der Waals surface area contributed by atoms with Crippen LogP contribution in [0.25, 0.3) is 5.76 Å². The number of nitrogen functional groups attached to an aromatic ring is 1. The van der Waals surface area contributed by atoms with Gasteiger partial charge in [-0.1, -0.05) is 36.4 Å². The summed E-state index contributed by atoms with van der Waals surface area (Å²) in [4.78, 5) is 24.2. The number of aliphatic hydroxyl groups excluding tert-OH is 1. The van der Waals surface area contributed by atoms with Gasteiger partial charge in [0.25, 0.3) is 5.78 Å². The van der Waals surface area contributed by atoms with Gasteiger partial charge < -0.3 is 16.2 Å². The highest BCUT2D eigenvalue weighted by atomic mass is 16.3. The van der Waals surface area contributed by atoms with Crippen molar-refractivity contribution in [2.45, 2.75) is 0 Å². The summed E-state index contributed by atoms with van der Waals surface area (Å²) < 4.78 is 0. The first kappa shape index (κ1) is 12.9.